The van der Waals surface area contributed by atoms with Crippen LogP contribution in [0.25, 0.3) is 22.2 Å². The molecule has 2 aromatic carbocycles. The van der Waals surface area contributed by atoms with Gasteiger partial charge in [0.1, 0.15) is 5.70 Å². The second-order valence-electron chi connectivity index (χ2n) is 6.66. The molecule has 8 nitrogen and oxygen atoms in total. The Labute approximate surface area is 171 Å². The lowest BCUT2D eigenvalue weighted by Crippen LogP contribution is -2.34. The highest BCUT2D eigenvalue weighted by molar-refractivity contribution is 6.17. The van der Waals surface area contributed by atoms with Gasteiger partial charge in [0.25, 0.3) is 11.8 Å². The third-order valence-corrected chi connectivity index (χ3v) is 4.72. The van der Waals surface area contributed by atoms with Gasteiger partial charge in [0, 0.05) is 22.7 Å². The van der Waals surface area contributed by atoms with Crippen LogP contribution in [0.5, 0.6) is 0 Å². The fourth-order valence-corrected chi connectivity index (χ4v) is 3.32. The molecule has 0 saturated carbocycles. The van der Waals surface area contributed by atoms with Crippen molar-refractivity contribution in [3.8, 4) is 11.3 Å². The minimum atomic E-state index is -1.05. The van der Waals surface area contributed by atoms with E-state index in [4.69, 9.17) is 5.11 Å². The Kier molecular flexibility index (Phi) is 4.99. The average molecular weight is 403 g/mol. The number of nitrogens with zero attached hydrogens (tertiary/aromatic N) is 2. The van der Waals surface area contributed by atoms with Gasteiger partial charge in [-0.3, -0.25) is 14.5 Å². The molecule has 3 aromatic rings. The van der Waals surface area contributed by atoms with Gasteiger partial charge in [-0.1, -0.05) is 30.3 Å². The van der Waals surface area contributed by atoms with Crippen molar-refractivity contribution in [3.63, 3.8) is 0 Å². The second kappa shape index (κ2) is 7.76. The number of carboxylic acid groups (broad SMARTS) is 1. The van der Waals surface area contributed by atoms with Crippen molar-refractivity contribution in [1.82, 2.24) is 9.88 Å². The summed E-state index contributed by atoms with van der Waals surface area (Å²) in [5.74, 6) is -2.06. The molecule has 0 unspecified atom stereocenters. The smallest absolute Gasteiger partial charge is 0.336 e. The summed E-state index contributed by atoms with van der Waals surface area (Å²) in [4.78, 5) is 41.4. The summed E-state index contributed by atoms with van der Waals surface area (Å²) in [6.45, 7) is -0.383. The maximum Gasteiger partial charge on any atom is 0.336 e. The zero-order valence-electron chi connectivity index (χ0n) is 15.7. The fourth-order valence-electron chi connectivity index (χ4n) is 3.32. The van der Waals surface area contributed by atoms with Gasteiger partial charge < -0.3 is 15.5 Å². The third-order valence-electron chi connectivity index (χ3n) is 4.72. The topological polar surface area (TPSA) is 120 Å². The molecule has 0 aliphatic carbocycles. The van der Waals surface area contributed by atoms with Crippen molar-refractivity contribution in [2.24, 2.45) is 0 Å². The van der Waals surface area contributed by atoms with E-state index in [1.54, 1.807) is 48.5 Å². The average Bonchev–Trinajstić information content (AvgIpc) is 3.00. The predicted octanol–water partition coefficient (Wildman–Crippen LogP) is 2.26. The van der Waals surface area contributed by atoms with Crippen molar-refractivity contribution in [3.05, 3.63) is 71.9 Å². The molecule has 0 bridgehead atoms. The van der Waals surface area contributed by atoms with E-state index in [0.717, 1.165) is 4.90 Å². The molecular weight excluding hydrogens is 386 g/mol. The first-order valence-electron chi connectivity index (χ1n) is 9.17. The van der Waals surface area contributed by atoms with Crippen LogP contribution in [0.1, 0.15) is 10.4 Å². The van der Waals surface area contributed by atoms with E-state index in [-0.39, 0.29) is 24.4 Å². The predicted molar refractivity (Wildman–Crippen MR) is 110 cm³/mol. The van der Waals surface area contributed by atoms with E-state index in [1.165, 1.54) is 12.1 Å². The van der Waals surface area contributed by atoms with Gasteiger partial charge in [-0.2, -0.15) is 0 Å². The van der Waals surface area contributed by atoms with Crippen molar-refractivity contribution >= 4 is 34.4 Å². The lowest BCUT2D eigenvalue weighted by Gasteiger charge is -2.14. The van der Waals surface area contributed by atoms with Gasteiger partial charge in [-0.15, -0.1) is 0 Å². The van der Waals surface area contributed by atoms with Crippen LogP contribution < -0.4 is 5.32 Å². The standard InChI is InChI=1S/C22H17N3O5/c26-9-8-25-20(27)12-19(21(25)28)23-14-5-3-4-13(10-14)18-11-16(22(29)30)15-6-1-2-7-17(15)24-18/h1-7,10-12,23,26H,8-9H2,(H,29,30). The first kappa shape index (κ1) is 19.3. The molecule has 0 spiro atoms. The van der Waals surface area contributed by atoms with E-state index in [1.807, 2.05) is 0 Å². The Morgan fingerprint density at radius 1 is 1.07 bits per heavy atom. The lowest BCUT2D eigenvalue weighted by molar-refractivity contribution is -0.137. The molecule has 1 aromatic heterocycles. The number of fused-ring (bicyclic) bond motifs is 1. The number of amides is 2. The molecule has 3 N–H and O–H groups in total. The Balaban J connectivity index is 1.68. The van der Waals surface area contributed by atoms with Crippen molar-refractivity contribution in [1.29, 1.82) is 0 Å². The summed E-state index contributed by atoms with van der Waals surface area (Å²) < 4.78 is 0. The van der Waals surface area contributed by atoms with Crippen LogP contribution in [0, 0.1) is 0 Å². The van der Waals surface area contributed by atoms with E-state index in [9.17, 15) is 19.5 Å². The van der Waals surface area contributed by atoms with Crippen molar-refractivity contribution in [2.45, 2.75) is 0 Å². The highest BCUT2D eigenvalue weighted by Gasteiger charge is 2.30. The fraction of sp³-hybridized carbons (Fsp3) is 0.0909. The van der Waals surface area contributed by atoms with E-state index >= 15 is 0 Å². The number of imide groups is 1. The van der Waals surface area contributed by atoms with Gasteiger partial charge >= 0.3 is 5.97 Å². The number of carbonyl (C=O) groups excluding carboxylic acids is 2. The monoisotopic (exact) mass is 403 g/mol. The molecule has 0 saturated heterocycles. The summed E-state index contributed by atoms with van der Waals surface area (Å²) in [6, 6.07) is 15.5. The van der Waals surface area contributed by atoms with E-state index in [2.05, 4.69) is 10.3 Å². The Bertz CT molecular complexity index is 1220. The minimum absolute atomic E-state index is 0.0711. The molecule has 1 aliphatic rings. The first-order valence-corrected chi connectivity index (χ1v) is 9.17. The summed E-state index contributed by atoms with van der Waals surface area (Å²) in [7, 11) is 0. The number of rotatable bonds is 6. The number of carbonyl (C=O) groups is 3. The van der Waals surface area contributed by atoms with Gasteiger partial charge in [-0.05, 0) is 24.3 Å². The number of para-hydroxylation sites is 1. The Morgan fingerprint density at radius 3 is 2.63 bits per heavy atom. The highest BCUT2D eigenvalue weighted by Crippen LogP contribution is 2.27. The molecule has 0 fully saturated rings. The van der Waals surface area contributed by atoms with Gasteiger partial charge in [-0.25, -0.2) is 9.78 Å². The van der Waals surface area contributed by atoms with Crippen LogP contribution in [0.3, 0.4) is 0 Å². The largest absolute Gasteiger partial charge is 0.478 e. The van der Waals surface area contributed by atoms with Gasteiger partial charge in [0.15, 0.2) is 0 Å². The zero-order chi connectivity index (χ0) is 21.3. The SMILES string of the molecule is O=C(O)c1cc(-c2cccc(NC3=CC(=O)N(CCO)C3=O)c2)nc2ccccc12. The van der Waals surface area contributed by atoms with Crippen LogP contribution in [-0.2, 0) is 9.59 Å². The number of hydrogen-bond acceptors (Lipinski definition) is 6. The maximum absolute atomic E-state index is 12.3. The minimum Gasteiger partial charge on any atom is -0.478 e. The number of nitrogens with one attached hydrogen (secondary N) is 1. The summed E-state index contributed by atoms with van der Waals surface area (Å²) in [6.07, 6.45) is 1.18. The van der Waals surface area contributed by atoms with Crippen molar-refractivity contribution in [2.75, 3.05) is 18.5 Å². The van der Waals surface area contributed by atoms with Crippen molar-refractivity contribution < 1.29 is 24.6 Å². The third kappa shape index (κ3) is 3.51. The molecule has 2 heterocycles. The molecule has 1 aliphatic heterocycles. The normalized spacial score (nSPS) is 13.6. The number of pyridine rings is 1. The molecular formula is C22H17N3O5. The number of aromatic nitrogens is 1. The summed E-state index contributed by atoms with van der Waals surface area (Å²) >= 11 is 0. The van der Waals surface area contributed by atoms with Crippen LogP contribution in [0.15, 0.2) is 66.4 Å². The van der Waals surface area contributed by atoms with Crippen LogP contribution in [0.4, 0.5) is 5.69 Å². The molecule has 0 atom stereocenters. The second-order valence-corrected chi connectivity index (χ2v) is 6.66. The van der Waals surface area contributed by atoms with E-state index in [0.29, 0.717) is 27.8 Å². The molecule has 0 radical (unpaired) electrons. The van der Waals surface area contributed by atoms with E-state index < -0.39 is 17.8 Å². The van der Waals surface area contributed by atoms with Gasteiger partial charge in [0.05, 0.1) is 29.9 Å². The quantitative estimate of drug-likeness (QED) is 0.540. The van der Waals surface area contributed by atoms with Gasteiger partial charge in [0.2, 0.25) is 0 Å². The summed E-state index contributed by atoms with van der Waals surface area (Å²) in [5.41, 5.74) is 2.47. The zero-order valence-corrected chi connectivity index (χ0v) is 15.7. The molecule has 150 valence electrons. The Hall–Kier alpha value is -4.04. The number of aliphatic hydroxyl groups is 1. The summed E-state index contributed by atoms with van der Waals surface area (Å²) in [5, 5.41) is 22.0. The molecule has 8 heteroatoms. The van der Waals surface area contributed by atoms with Crippen LogP contribution in [-0.4, -0.2) is 51.0 Å². The van der Waals surface area contributed by atoms with Crippen LogP contribution >= 0.6 is 0 Å². The number of benzene rings is 2. The van der Waals surface area contributed by atoms with Crippen LogP contribution in [0.2, 0.25) is 0 Å². The Morgan fingerprint density at radius 2 is 1.87 bits per heavy atom. The maximum atomic E-state index is 12.3. The first-order chi connectivity index (χ1) is 14.5. The number of aromatic carboxylic acids is 1. The number of β-amino-alcohol motifs (C(OH)–C–C–N with tert-alkyl or cyclic N) is 1. The highest BCUT2D eigenvalue weighted by atomic mass is 16.4. The molecule has 30 heavy (non-hydrogen) atoms. The molecule has 4 rings (SSSR count). The number of aliphatic hydroxyl groups excluding tert-OH is 1. The number of hydrogen-bond donors (Lipinski definition) is 3. The lowest BCUT2D eigenvalue weighted by atomic mass is 10.0. The number of anilines is 1. The number of carboxylic acids is 1. The molecule has 2 amide bonds.